The van der Waals surface area contributed by atoms with E-state index in [4.69, 9.17) is 4.42 Å². The lowest BCUT2D eigenvalue weighted by Gasteiger charge is -2.24. The molecule has 166 valence electrons. The first kappa shape index (κ1) is 21.4. The molecule has 0 bridgehead atoms. The number of carbonyl (C=O) groups excluding carboxylic acids is 1. The number of hydrogen-bond acceptors (Lipinski definition) is 4. The van der Waals surface area contributed by atoms with Gasteiger partial charge in [0.15, 0.2) is 5.96 Å². The van der Waals surface area contributed by atoms with Crippen molar-refractivity contribution in [3.63, 3.8) is 0 Å². The van der Waals surface area contributed by atoms with Gasteiger partial charge in [0, 0.05) is 44.3 Å². The summed E-state index contributed by atoms with van der Waals surface area (Å²) in [4.78, 5) is 19.5. The maximum Gasteiger partial charge on any atom is 0.251 e. The van der Waals surface area contributed by atoms with Crippen molar-refractivity contribution in [3.05, 3.63) is 59.5 Å². The average Bonchev–Trinajstić information content (AvgIpc) is 3.57. The van der Waals surface area contributed by atoms with Crippen molar-refractivity contribution in [3.8, 4) is 0 Å². The largest absolute Gasteiger partial charge is 0.467 e. The van der Waals surface area contributed by atoms with Gasteiger partial charge in [0.1, 0.15) is 5.76 Å². The highest BCUT2D eigenvalue weighted by Crippen LogP contribution is 2.26. The molecular formula is C24H33N5O2. The Hall–Kier alpha value is -2.80. The maximum atomic E-state index is 12.4. The number of rotatable bonds is 7. The van der Waals surface area contributed by atoms with Crippen molar-refractivity contribution in [2.24, 2.45) is 4.99 Å². The third kappa shape index (κ3) is 5.88. The first-order valence-electron chi connectivity index (χ1n) is 11.3. The molecule has 1 aromatic carbocycles. The summed E-state index contributed by atoms with van der Waals surface area (Å²) >= 11 is 0. The molecule has 1 unspecified atom stereocenters. The lowest BCUT2D eigenvalue weighted by molar-refractivity contribution is 0.0948. The molecule has 1 aliphatic heterocycles. The fourth-order valence-electron chi connectivity index (χ4n) is 4.59. The second-order valence-corrected chi connectivity index (χ2v) is 8.45. The molecule has 1 aliphatic carbocycles. The first-order chi connectivity index (χ1) is 15.2. The molecule has 0 spiro atoms. The monoisotopic (exact) mass is 423 g/mol. The van der Waals surface area contributed by atoms with Gasteiger partial charge < -0.3 is 20.4 Å². The van der Waals surface area contributed by atoms with Gasteiger partial charge in [0.2, 0.25) is 0 Å². The van der Waals surface area contributed by atoms with Crippen molar-refractivity contribution in [1.29, 1.82) is 0 Å². The topological polar surface area (TPSA) is 81.9 Å². The molecule has 1 saturated heterocycles. The molecule has 1 saturated carbocycles. The molecule has 1 atom stereocenters. The number of nitrogens with one attached hydrogen (secondary N) is 3. The third-order valence-corrected chi connectivity index (χ3v) is 6.28. The van der Waals surface area contributed by atoms with Gasteiger partial charge in [-0.15, -0.1) is 0 Å². The predicted octanol–water partition coefficient (Wildman–Crippen LogP) is 2.89. The lowest BCUT2D eigenvalue weighted by atomic mass is 10.1. The van der Waals surface area contributed by atoms with Crippen LogP contribution in [-0.2, 0) is 13.1 Å². The number of furan rings is 1. The van der Waals surface area contributed by atoms with Gasteiger partial charge in [-0.05, 0) is 49.1 Å². The highest BCUT2D eigenvalue weighted by Gasteiger charge is 2.30. The second-order valence-electron chi connectivity index (χ2n) is 8.45. The molecule has 2 aromatic rings. The van der Waals surface area contributed by atoms with E-state index in [2.05, 4.69) is 25.8 Å². The number of carbonyl (C=O) groups is 1. The summed E-state index contributed by atoms with van der Waals surface area (Å²) in [6.45, 7) is 3.26. The minimum absolute atomic E-state index is 0.112. The van der Waals surface area contributed by atoms with Crippen LogP contribution in [0.1, 0.15) is 53.8 Å². The van der Waals surface area contributed by atoms with E-state index < -0.39 is 0 Å². The molecule has 31 heavy (non-hydrogen) atoms. The van der Waals surface area contributed by atoms with Crippen LogP contribution >= 0.6 is 0 Å². The van der Waals surface area contributed by atoms with E-state index in [0.29, 0.717) is 24.7 Å². The van der Waals surface area contributed by atoms with Crippen LogP contribution in [0.2, 0.25) is 0 Å². The summed E-state index contributed by atoms with van der Waals surface area (Å²) in [5.74, 6) is 1.43. The van der Waals surface area contributed by atoms with Crippen LogP contribution in [0.5, 0.6) is 0 Å². The van der Waals surface area contributed by atoms with Crippen molar-refractivity contribution in [1.82, 2.24) is 20.9 Å². The molecule has 7 nitrogen and oxygen atoms in total. The zero-order valence-electron chi connectivity index (χ0n) is 18.3. The highest BCUT2D eigenvalue weighted by molar-refractivity contribution is 5.94. The van der Waals surface area contributed by atoms with Crippen LogP contribution in [0.25, 0.3) is 0 Å². The van der Waals surface area contributed by atoms with Gasteiger partial charge in [-0.1, -0.05) is 25.0 Å². The highest BCUT2D eigenvalue weighted by atomic mass is 16.3. The third-order valence-electron chi connectivity index (χ3n) is 6.28. The SMILES string of the molecule is CN=C(NCc1cccc(C(=O)NCc2ccco2)c1)NC1CCN(C2CCCC2)C1. The summed E-state index contributed by atoms with van der Waals surface area (Å²) < 4.78 is 5.26. The number of amides is 1. The molecule has 2 aliphatic rings. The Labute approximate surface area is 184 Å². The minimum Gasteiger partial charge on any atom is -0.467 e. The van der Waals surface area contributed by atoms with Gasteiger partial charge in [0.25, 0.3) is 5.91 Å². The van der Waals surface area contributed by atoms with Crippen LogP contribution in [0.15, 0.2) is 52.1 Å². The van der Waals surface area contributed by atoms with Crippen molar-refractivity contribution in [2.75, 3.05) is 20.1 Å². The Morgan fingerprint density at radius 1 is 1.13 bits per heavy atom. The van der Waals surface area contributed by atoms with Gasteiger partial charge >= 0.3 is 0 Å². The van der Waals surface area contributed by atoms with E-state index in [-0.39, 0.29) is 5.91 Å². The van der Waals surface area contributed by atoms with E-state index in [1.807, 2.05) is 36.4 Å². The van der Waals surface area contributed by atoms with E-state index in [9.17, 15) is 4.79 Å². The summed E-state index contributed by atoms with van der Waals surface area (Å²) in [5, 5.41) is 9.85. The number of likely N-dealkylation sites (tertiary alicyclic amines) is 1. The molecular weight excluding hydrogens is 390 g/mol. The molecule has 1 amide bonds. The Morgan fingerprint density at radius 2 is 2.00 bits per heavy atom. The van der Waals surface area contributed by atoms with Crippen molar-refractivity contribution in [2.45, 2.75) is 57.3 Å². The quantitative estimate of drug-likeness (QED) is 0.471. The smallest absolute Gasteiger partial charge is 0.251 e. The van der Waals surface area contributed by atoms with Crippen molar-refractivity contribution < 1.29 is 9.21 Å². The van der Waals surface area contributed by atoms with Crippen LogP contribution in [0, 0.1) is 0 Å². The lowest BCUT2D eigenvalue weighted by Crippen LogP contribution is -2.45. The summed E-state index contributed by atoms with van der Waals surface area (Å²) in [6, 6.07) is 12.5. The summed E-state index contributed by atoms with van der Waals surface area (Å²) in [6.07, 6.45) is 8.22. The molecule has 0 radical (unpaired) electrons. The number of benzene rings is 1. The number of nitrogens with zero attached hydrogens (tertiary/aromatic N) is 2. The maximum absolute atomic E-state index is 12.4. The van der Waals surface area contributed by atoms with Crippen molar-refractivity contribution >= 4 is 11.9 Å². The van der Waals surface area contributed by atoms with Crippen LogP contribution < -0.4 is 16.0 Å². The predicted molar refractivity (Wildman–Crippen MR) is 122 cm³/mol. The van der Waals surface area contributed by atoms with Gasteiger partial charge in [0.05, 0.1) is 12.8 Å². The summed E-state index contributed by atoms with van der Waals surface area (Å²) in [5.41, 5.74) is 1.67. The number of aliphatic imine (C=N–C) groups is 1. The second kappa shape index (κ2) is 10.5. The Balaban J connectivity index is 1.25. The Kier molecular flexibility index (Phi) is 7.25. The average molecular weight is 424 g/mol. The number of hydrogen-bond donors (Lipinski definition) is 3. The number of guanidine groups is 1. The molecule has 7 heteroatoms. The standard InChI is InChI=1S/C24H33N5O2/c1-25-24(28-20-11-12-29(17-20)21-8-2-3-9-21)27-15-18-6-4-7-19(14-18)23(30)26-16-22-10-5-13-31-22/h4-7,10,13-14,20-21H,2-3,8-9,11-12,15-17H2,1H3,(H,26,30)(H2,25,27,28). The molecule has 1 aromatic heterocycles. The molecule has 4 rings (SSSR count). The van der Waals surface area contributed by atoms with E-state index in [1.165, 1.54) is 32.2 Å². The van der Waals surface area contributed by atoms with E-state index in [1.54, 1.807) is 13.3 Å². The van der Waals surface area contributed by atoms with E-state index in [0.717, 1.165) is 36.3 Å². The Bertz CT molecular complexity index is 874. The van der Waals surface area contributed by atoms with Crippen LogP contribution in [-0.4, -0.2) is 49.0 Å². The molecule has 2 heterocycles. The van der Waals surface area contributed by atoms with E-state index >= 15 is 0 Å². The molecule has 3 N–H and O–H groups in total. The summed E-state index contributed by atoms with van der Waals surface area (Å²) in [7, 11) is 1.80. The minimum atomic E-state index is -0.112. The van der Waals surface area contributed by atoms with Gasteiger partial charge in [-0.2, -0.15) is 0 Å². The first-order valence-corrected chi connectivity index (χ1v) is 11.3. The van der Waals surface area contributed by atoms with Crippen LogP contribution in [0.3, 0.4) is 0 Å². The van der Waals surface area contributed by atoms with Gasteiger partial charge in [-0.25, -0.2) is 0 Å². The fraction of sp³-hybridized carbons (Fsp3) is 0.500. The molecule has 2 fully saturated rings. The Morgan fingerprint density at radius 3 is 2.77 bits per heavy atom. The van der Waals surface area contributed by atoms with Gasteiger partial charge in [-0.3, -0.25) is 14.7 Å². The zero-order valence-corrected chi connectivity index (χ0v) is 18.3. The fourth-order valence-corrected chi connectivity index (χ4v) is 4.59. The van der Waals surface area contributed by atoms with Crippen LogP contribution in [0.4, 0.5) is 0 Å². The normalized spacial score (nSPS) is 20.2. The zero-order chi connectivity index (χ0) is 21.5.